The normalized spacial score (nSPS) is 11.3. The van der Waals surface area contributed by atoms with E-state index in [1.807, 2.05) is 0 Å². The van der Waals surface area contributed by atoms with E-state index in [2.05, 4.69) is 17.8 Å². The van der Waals surface area contributed by atoms with Crippen molar-refractivity contribution < 1.29 is 13.2 Å². The van der Waals surface area contributed by atoms with Gasteiger partial charge in [0.1, 0.15) is 0 Å². The van der Waals surface area contributed by atoms with Crippen molar-refractivity contribution in [3.8, 4) is 0 Å². The van der Waals surface area contributed by atoms with E-state index in [1.54, 1.807) is 0 Å². The molecule has 0 saturated carbocycles. The van der Waals surface area contributed by atoms with Crippen LogP contribution in [0.15, 0.2) is 0 Å². The number of hydrogen-bond acceptors (Lipinski definition) is 4. The third kappa shape index (κ3) is 3.50. The zero-order valence-corrected chi connectivity index (χ0v) is 6.28. The highest BCUT2D eigenvalue weighted by molar-refractivity contribution is 8.04. The van der Waals surface area contributed by atoms with Gasteiger partial charge in [-0.1, -0.05) is 0 Å². The maximum Gasteiger partial charge on any atom is 0.271 e. The van der Waals surface area contributed by atoms with Gasteiger partial charge in [-0.25, -0.2) is 13.6 Å². The summed E-state index contributed by atoms with van der Waals surface area (Å²) in [6.07, 6.45) is -0.123. The monoisotopic (exact) mass is 169 g/mol. The van der Waals surface area contributed by atoms with Crippen LogP contribution in [0.1, 0.15) is 6.42 Å². The van der Waals surface area contributed by atoms with Crippen LogP contribution in [0.2, 0.25) is 0 Å². The van der Waals surface area contributed by atoms with Crippen molar-refractivity contribution in [2.24, 2.45) is 5.14 Å². The van der Waals surface area contributed by atoms with Gasteiger partial charge in [0.05, 0.1) is 0 Å². The van der Waals surface area contributed by atoms with E-state index in [-0.39, 0.29) is 12.2 Å². The lowest BCUT2D eigenvalue weighted by molar-refractivity contribution is -0.111. The molecule has 0 amide bonds. The van der Waals surface area contributed by atoms with Crippen molar-refractivity contribution in [3.05, 3.63) is 0 Å². The van der Waals surface area contributed by atoms with Gasteiger partial charge in [0.15, 0.2) is 0 Å². The van der Waals surface area contributed by atoms with Gasteiger partial charge >= 0.3 is 0 Å². The smallest absolute Gasteiger partial charge is 0.271 e. The summed E-state index contributed by atoms with van der Waals surface area (Å²) in [5.74, 6) is 0.204. The quantitative estimate of drug-likeness (QED) is 0.527. The van der Waals surface area contributed by atoms with Gasteiger partial charge < -0.3 is 0 Å². The SMILES string of the molecule is NS(=O)(=O)C(=O)CCS. The minimum Gasteiger partial charge on any atom is -0.280 e. The number of carbonyl (C=O) groups excluding carboxylic acids is 1. The molecule has 0 bridgehead atoms. The van der Waals surface area contributed by atoms with E-state index < -0.39 is 15.1 Å². The Morgan fingerprint density at radius 1 is 1.56 bits per heavy atom. The van der Waals surface area contributed by atoms with E-state index in [4.69, 9.17) is 0 Å². The van der Waals surface area contributed by atoms with Crippen molar-refractivity contribution >= 4 is 27.8 Å². The van der Waals surface area contributed by atoms with Gasteiger partial charge in [0.25, 0.3) is 15.1 Å². The number of hydrogen-bond donors (Lipinski definition) is 2. The number of rotatable bonds is 2. The second kappa shape index (κ2) is 3.19. The first kappa shape index (κ1) is 8.93. The lowest BCUT2D eigenvalue weighted by Gasteiger charge is -1.90. The van der Waals surface area contributed by atoms with Crippen molar-refractivity contribution in [1.82, 2.24) is 0 Å². The Morgan fingerprint density at radius 2 is 2.00 bits per heavy atom. The third-order valence-corrected chi connectivity index (χ3v) is 1.70. The molecule has 2 N–H and O–H groups in total. The van der Waals surface area contributed by atoms with Crippen LogP contribution in [-0.4, -0.2) is 19.3 Å². The summed E-state index contributed by atoms with van der Waals surface area (Å²) in [5.41, 5.74) is 0. The first-order valence-electron chi connectivity index (χ1n) is 2.15. The minimum absolute atomic E-state index is 0.123. The molecule has 0 aromatic carbocycles. The zero-order chi connectivity index (χ0) is 7.49. The minimum atomic E-state index is -3.95. The van der Waals surface area contributed by atoms with E-state index in [0.717, 1.165) is 0 Å². The second-order valence-electron chi connectivity index (χ2n) is 1.39. The van der Waals surface area contributed by atoms with Crippen molar-refractivity contribution in [3.63, 3.8) is 0 Å². The average molecular weight is 169 g/mol. The molecule has 0 aliphatic rings. The summed E-state index contributed by atoms with van der Waals surface area (Å²) in [5, 5.41) is 3.49. The number of carbonyl (C=O) groups is 1. The molecule has 0 aromatic heterocycles. The Bertz CT molecular complexity index is 195. The van der Waals surface area contributed by atoms with E-state index >= 15 is 0 Å². The topological polar surface area (TPSA) is 77.2 Å². The zero-order valence-electron chi connectivity index (χ0n) is 4.57. The Kier molecular flexibility index (Phi) is 3.16. The van der Waals surface area contributed by atoms with Crippen LogP contribution in [0.25, 0.3) is 0 Å². The van der Waals surface area contributed by atoms with Gasteiger partial charge in [-0.15, -0.1) is 0 Å². The maximum absolute atomic E-state index is 10.3. The molecule has 0 aliphatic heterocycles. The molecule has 0 aliphatic carbocycles. The summed E-state index contributed by atoms with van der Waals surface area (Å²) in [4.78, 5) is 10.3. The van der Waals surface area contributed by atoms with Crippen LogP contribution in [0.5, 0.6) is 0 Å². The predicted molar refractivity (Wildman–Crippen MR) is 36.6 cm³/mol. The Hall–Kier alpha value is -0.0700. The highest BCUT2D eigenvalue weighted by Gasteiger charge is 2.13. The average Bonchev–Trinajstić information content (AvgIpc) is 1.64. The Morgan fingerprint density at radius 3 is 2.11 bits per heavy atom. The molecule has 0 rings (SSSR count). The number of primary sulfonamides is 1. The molecule has 0 fully saturated rings. The molecule has 9 heavy (non-hydrogen) atoms. The number of sulfonamides is 1. The fourth-order valence-corrected chi connectivity index (χ4v) is 0.974. The van der Waals surface area contributed by atoms with Crippen LogP contribution in [0.3, 0.4) is 0 Å². The summed E-state index contributed by atoms with van der Waals surface area (Å²) < 4.78 is 20.2. The van der Waals surface area contributed by atoms with E-state index in [9.17, 15) is 13.2 Å². The standard InChI is InChI=1S/C3H7NO3S2/c4-9(6,7)3(5)1-2-8/h8H,1-2H2,(H2,4,6,7). The first-order chi connectivity index (χ1) is 3.98. The summed E-state index contributed by atoms with van der Waals surface area (Å²) in [7, 11) is -3.95. The highest BCUT2D eigenvalue weighted by atomic mass is 32.2. The number of nitrogens with two attached hydrogens (primary N) is 1. The van der Waals surface area contributed by atoms with Gasteiger partial charge in [-0.05, 0) is 5.75 Å². The van der Waals surface area contributed by atoms with Crippen LogP contribution < -0.4 is 5.14 Å². The third-order valence-electron chi connectivity index (χ3n) is 0.633. The fraction of sp³-hybridized carbons (Fsp3) is 0.667. The molecule has 0 radical (unpaired) electrons. The molecule has 6 heteroatoms. The van der Waals surface area contributed by atoms with Gasteiger partial charge in [0, 0.05) is 6.42 Å². The molecule has 4 nitrogen and oxygen atoms in total. The Labute approximate surface area is 58.9 Å². The van der Waals surface area contributed by atoms with Crippen molar-refractivity contribution in [1.29, 1.82) is 0 Å². The fourth-order valence-electron chi connectivity index (χ4n) is 0.234. The molecule has 0 saturated heterocycles. The molecular weight excluding hydrogens is 162 g/mol. The van der Waals surface area contributed by atoms with Crippen LogP contribution >= 0.6 is 12.6 Å². The number of thiol groups is 1. The van der Waals surface area contributed by atoms with Gasteiger partial charge in [-0.3, -0.25) is 4.79 Å². The van der Waals surface area contributed by atoms with Crippen LogP contribution in [0.4, 0.5) is 0 Å². The van der Waals surface area contributed by atoms with E-state index in [0.29, 0.717) is 0 Å². The molecule has 54 valence electrons. The summed E-state index contributed by atoms with van der Waals surface area (Å²) >= 11 is 3.65. The largest absolute Gasteiger partial charge is 0.280 e. The molecule has 0 aromatic rings. The summed E-state index contributed by atoms with van der Waals surface area (Å²) in [6, 6.07) is 0. The molecular formula is C3H7NO3S2. The first-order valence-corrected chi connectivity index (χ1v) is 4.33. The lowest BCUT2D eigenvalue weighted by Crippen LogP contribution is -2.23. The van der Waals surface area contributed by atoms with Crippen molar-refractivity contribution in [2.45, 2.75) is 6.42 Å². The van der Waals surface area contributed by atoms with Gasteiger partial charge in [-0.2, -0.15) is 12.6 Å². The molecule has 0 heterocycles. The van der Waals surface area contributed by atoms with Gasteiger partial charge in [0.2, 0.25) is 0 Å². The highest BCUT2D eigenvalue weighted by Crippen LogP contribution is 1.90. The van der Waals surface area contributed by atoms with Crippen LogP contribution in [0, 0.1) is 0 Å². The summed E-state index contributed by atoms with van der Waals surface area (Å²) in [6.45, 7) is 0. The lowest BCUT2D eigenvalue weighted by atomic mass is 10.5. The van der Waals surface area contributed by atoms with E-state index in [1.165, 1.54) is 0 Å². The molecule has 0 unspecified atom stereocenters. The Balaban J connectivity index is 4.08. The molecule has 0 spiro atoms. The molecule has 0 atom stereocenters. The van der Waals surface area contributed by atoms with Crippen LogP contribution in [-0.2, 0) is 14.8 Å². The predicted octanol–water partition coefficient (Wildman–Crippen LogP) is -0.879. The van der Waals surface area contributed by atoms with Crippen molar-refractivity contribution in [2.75, 3.05) is 5.75 Å². The second-order valence-corrected chi connectivity index (χ2v) is 3.38. The maximum atomic E-state index is 10.3.